The van der Waals surface area contributed by atoms with Crippen LogP contribution in [0.5, 0.6) is 0 Å². The average molecular weight is 240 g/mol. The second-order valence-electron chi connectivity index (χ2n) is 6.65. The van der Waals surface area contributed by atoms with Gasteiger partial charge in [0.1, 0.15) is 0 Å². The summed E-state index contributed by atoms with van der Waals surface area (Å²) in [6, 6.07) is 0. The zero-order valence-corrected chi connectivity index (χ0v) is 12.4. The Labute approximate surface area is 108 Å². The summed E-state index contributed by atoms with van der Waals surface area (Å²) in [7, 11) is 0. The third-order valence-electron chi connectivity index (χ3n) is 3.96. The molecule has 102 valence electrons. The Kier molecular flexibility index (Phi) is 6.50. The molecule has 0 aromatic carbocycles. The third kappa shape index (κ3) is 6.42. The van der Waals surface area contributed by atoms with Gasteiger partial charge in [0.05, 0.1) is 0 Å². The van der Waals surface area contributed by atoms with Gasteiger partial charge < -0.3 is 5.32 Å². The lowest BCUT2D eigenvalue weighted by molar-refractivity contribution is 0.119. The second kappa shape index (κ2) is 7.38. The van der Waals surface area contributed by atoms with E-state index in [9.17, 15) is 0 Å². The molecule has 0 bridgehead atoms. The summed E-state index contributed by atoms with van der Waals surface area (Å²) in [6.45, 7) is 13.9. The van der Waals surface area contributed by atoms with Crippen molar-refractivity contribution in [1.82, 2.24) is 10.2 Å². The van der Waals surface area contributed by atoms with Crippen molar-refractivity contribution < 1.29 is 0 Å². The van der Waals surface area contributed by atoms with E-state index in [4.69, 9.17) is 0 Å². The molecule has 1 N–H and O–H groups in total. The highest BCUT2D eigenvalue weighted by Gasteiger charge is 2.21. The quantitative estimate of drug-likeness (QED) is 0.699. The summed E-state index contributed by atoms with van der Waals surface area (Å²) in [5.74, 6) is 1.04. The van der Waals surface area contributed by atoms with E-state index in [0.717, 1.165) is 19.0 Å². The molecule has 2 aliphatic rings. The van der Waals surface area contributed by atoms with Gasteiger partial charge in [-0.25, -0.2) is 0 Å². The molecular formula is C15H32N2. The van der Waals surface area contributed by atoms with Gasteiger partial charge in [-0.3, -0.25) is 4.90 Å². The number of rotatable bonds is 0. The van der Waals surface area contributed by atoms with Crippen molar-refractivity contribution in [2.45, 2.75) is 65.3 Å². The van der Waals surface area contributed by atoms with Crippen molar-refractivity contribution in [1.29, 1.82) is 0 Å². The minimum Gasteiger partial charge on any atom is -0.314 e. The average Bonchev–Trinajstić information content (AvgIpc) is 2.31. The monoisotopic (exact) mass is 240 g/mol. The zero-order valence-electron chi connectivity index (χ0n) is 12.4. The predicted molar refractivity (Wildman–Crippen MR) is 76.4 cm³/mol. The van der Waals surface area contributed by atoms with E-state index in [1.54, 1.807) is 0 Å². The van der Waals surface area contributed by atoms with E-state index in [-0.39, 0.29) is 0 Å². The first kappa shape index (κ1) is 15.0. The second-order valence-corrected chi connectivity index (χ2v) is 6.65. The van der Waals surface area contributed by atoms with Gasteiger partial charge >= 0.3 is 0 Å². The largest absolute Gasteiger partial charge is 0.314 e. The predicted octanol–water partition coefficient (Wildman–Crippen LogP) is 3.28. The molecule has 1 saturated heterocycles. The molecule has 2 heteroatoms. The molecule has 0 spiro atoms. The molecule has 0 aromatic heterocycles. The van der Waals surface area contributed by atoms with Crippen molar-refractivity contribution >= 4 is 0 Å². The highest BCUT2D eigenvalue weighted by Crippen LogP contribution is 2.22. The first-order valence-corrected chi connectivity index (χ1v) is 7.46. The van der Waals surface area contributed by atoms with Crippen LogP contribution in [0.4, 0.5) is 0 Å². The fourth-order valence-electron chi connectivity index (χ4n) is 2.64. The molecule has 0 atom stereocenters. The van der Waals surface area contributed by atoms with Crippen molar-refractivity contribution in [3.8, 4) is 0 Å². The molecule has 1 aliphatic carbocycles. The molecule has 17 heavy (non-hydrogen) atoms. The summed E-state index contributed by atoms with van der Waals surface area (Å²) in [5.41, 5.74) is 0.363. The standard InChI is InChI=1S/C8H18N2.C7H14/c1-8(2,3)10-6-4-9-5-7-10;1-7-5-3-2-4-6-7/h9H,4-7H2,1-3H3;7H,2-6H2,1H3. The molecular weight excluding hydrogens is 208 g/mol. The van der Waals surface area contributed by atoms with Crippen LogP contribution in [0, 0.1) is 5.92 Å². The maximum atomic E-state index is 3.35. The van der Waals surface area contributed by atoms with Gasteiger partial charge in [-0.05, 0) is 26.7 Å². The minimum atomic E-state index is 0.363. The van der Waals surface area contributed by atoms with Crippen LogP contribution in [-0.4, -0.2) is 36.6 Å². The van der Waals surface area contributed by atoms with E-state index >= 15 is 0 Å². The van der Waals surface area contributed by atoms with E-state index < -0.39 is 0 Å². The number of nitrogens with zero attached hydrogens (tertiary/aromatic N) is 1. The Morgan fingerprint density at radius 3 is 1.76 bits per heavy atom. The van der Waals surface area contributed by atoms with Crippen LogP contribution in [-0.2, 0) is 0 Å². The Balaban J connectivity index is 0.000000181. The van der Waals surface area contributed by atoms with Crippen molar-refractivity contribution in [2.24, 2.45) is 5.92 Å². The van der Waals surface area contributed by atoms with Gasteiger partial charge in [-0.2, -0.15) is 0 Å². The fourth-order valence-corrected chi connectivity index (χ4v) is 2.64. The lowest BCUT2D eigenvalue weighted by atomic mass is 9.91. The number of hydrogen-bond acceptors (Lipinski definition) is 2. The molecule has 1 heterocycles. The summed E-state index contributed by atoms with van der Waals surface area (Å²) in [5, 5.41) is 3.35. The zero-order chi connectivity index (χ0) is 12.7. The van der Waals surface area contributed by atoms with Gasteiger partial charge in [0.2, 0.25) is 0 Å². The number of nitrogens with one attached hydrogen (secondary N) is 1. The SMILES string of the molecule is CC(C)(C)N1CCNCC1.CC1CCCCC1. The van der Waals surface area contributed by atoms with E-state index in [2.05, 4.69) is 37.9 Å². The van der Waals surface area contributed by atoms with Gasteiger partial charge in [0.15, 0.2) is 0 Å². The first-order valence-electron chi connectivity index (χ1n) is 7.46. The number of hydrogen-bond donors (Lipinski definition) is 1. The summed E-state index contributed by atoms with van der Waals surface area (Å²) in [4.78, 5) is 2.52. The van der Waals surface area contributed by atoms with E-state index in [1.807, 2.05) is 0 Å². The van der Waals surface area contributed by atoms with E-state index in [1.165, 1.54) is 45.2 Å². The minimum absolute atomic E-state index is 0.363. The molecule has 0 aromatic rings. The van der Waals surface area contributed by atoms with Crippen LogP contribution in [0.2, 0.25) is 0 Å². The highest BCUT2D eigenvalue weighted by atomic mass is 15.2. The third-order valence-corrected chi connectivity index (χ3v) is 3.96. The molecule has 0 amide bonds. The molecule has 0 radical (unpaired) electrons. The topological polar surface area (TPSA) is 15.3 Å². The van der Waals surface area contributed by atoms with Gasteiger partial charge in [0, 0.05) is 31.7 Å². The van der Waals surface area contributed by atoms with Crippen molar-refractivity contribution in [3.63, 3.8) is 0 Å². The summed E-state index contributed by atoms with van der Waals surface area (Å²) >= 11 is 0. The number of piperazine rings is 1. The van der Waals surface area contributed by atoms with E-state index in [0.29, 0.717) is 5.54 Å². The van der Waals surface area contributed by atoms with Crippen LogP contribution >= 0.6 is 0 Å². The van der Waals surface area contributed by atoms with Crippen LogP contribution in [0.1, 0.15) is 59.8 Å². The van der Waals surface area contributed by atoms with Crippen LogP contribution in [0.3, 0.4) is 0 Å². The molecule has 2 rings (SSSR count). The molecule has 2 fully saturated rings. The maximum absolute atomic E-state index is 3.35. The Bertz CT molecular complexity index is 184. The first-order chi connectivity index (χ1) is 8.00. The normalized spacial score (nSPS) is 24.0. The molecule has 1 aliphatic heterocycles. The van der Waals surface area contributed by atoms with Gasteiger partial charge in [-0.15, -0.1) is 0 Å². The lowest BCUT2D eigenvalue weighted by Gasteiger charge is -2.38. The fraction of sp³-hybridized carbons (Fsp3) is 1.00. The van der Waals surface area contributed by atoms with Gasteiger partial charge in [0.25, 0.3) is 0 Å². The van der Waals surface area contributed by atoms with Gasteiger partial charge in [-0.1, -0.05) is 39.0 Å². The smallest absolute Gasteiger partial charge is 0.0126 e. The van der Waals surface area contributed by atoms with Crippen LogP contribution < -0.4 is 5.32 Å². The lowest BCUT2D eigenvalue weighted by Crippen LogP contribution is -2.51. The molecule has 2 nitrogen and oxygen atoms in total. The van der Waals surface area contributed by atoms with Crippen molar-refractivity contribution in [2.75, 3.05) is 26.2 Å². The van der Waals surface area contributed by atoms with Crippen LogP contribution in [0.15, 0.2) is 0 Å². The Morgan fingerprint density at radius 1 is 0.941 bits per heavy atom. The molecule has 1 saturated carbocycles. The summed E-state index contributed by atoms with van der Waals surface area (Å²) in [6.07, 6.45) is 7.44. The van der Waals surface area contributed by atoms with Crippen LogP contribution in [0.25, 0.3) is 0 Å². The Morgan fingerprint density at radius 2 is 1.47 bits per heavy atom. The summed E-state index contributed by atoms with van der Waals surface area (Å²) < 4.78 is 0. The maximum Gasteiger partial charge on any atom is 0.0126 e. The Hall–Kier alpha value is -0.0800. The highest BCUT2D eigenvalue weighted by molar-refractivity contribution is 4.79. The van der Waals surface area contributed by atoms with Crippen molar-refractivity contribution in [3.05, 3.63) is 0 Å². The molecule has 0 unspecified atom stereocenters.